The predicted molar refractivity (Wildman–Crippen MR) is 71.5 cm³/mol. The monoisotopic (exact) mass is 286 g/mol. The van der Waals surface area contributed by atoms with Crippen LogP contribution in [0.5, 0.6) is 0 Å². The Balaban J connectivity index is 2.55. The minimum absolute atomic E-state index is 0.102. The molecule has 0 spiro atoms. The molecular formula is C13H22N2O5. The lowest BCUT2D eigenvalue weighted by Gasteiger charge is -2.32. The molecule has 1 aliphatic heterocycles. The molecule has 0 bridgehead atoms. The molecule has 2 amide bonds. The van der Waals surface area contributed by atoms with Crippen LogP contribution in [-0.4, -0.2) is 51.2 Å². The number of nitrogens with zero attached hydrogens (tertiary/aromatic N) is 1. The van der Waals surface area contributed by atoms with Gasteiger partial charge in [-0.25, -0.2) is 9.59 Å². The van der Waals surface area contributed by atoms with Gasteiger partial charge in [0.05, 0.1) is 0 Å². The predicted octanol–water partition coefficient (Wildman–Crippen LogP) is 1.28. The van der Waals surface area contributed by atoms with Gasteiger partial charge in [0.2, 0.25) is 0 Å². The molecule has 1 atom stereocenters. The van der Waals surface area contributed by atoms with Crippen LogP contribution in [0.1, 0.15) is 46.0 Å². The number of likely N-dealkylation sites (tertiary alicyclic amines) is 1. The Hall–Kier alpha value is -1.79. The first kappa shape index (κ1) is 16.3. The van der Waals surface area contributed by atoms with Crippen molar-refractivity contribution in [2.75, 3.05) is 6.54 Å². The second kappa shape index (κ2) is 6.58. The van der Waals surface area contributed by atoms with Gasteiger partial charge in [-0.15, -0.1) is 0 Å². The van der Waals surface area contributed by atoms with Gasteiger partial charge in [-0.3, -0.25) is 4.79 Å². The molecule has 0 aromatic heterocycles. The number of carboxylic acids is 2. The van der Waals surface area contributed by atoms with Crippen LogP contribution in [0, 0.1) is 0 Å². The molecule has 7 nitrogen and oxygen atoms in total. The standard InChI is InChI=1S/C13H22N2O5/c1-13(2)7-4-8-15(13)12(20)14-9(11(18)19)5-3-6-10(16)17/h9H,3-8H2,1-2H3,(H,14,20)(H,16,17)(H,18,19)/t9-/m1/s1. The van der Waals surface area contributed by atoms with Crippen molar-refractivity contribution in [1.82, 2.24) is 10.2 Å². The van der Waals surface area contributed by atoms with Crippen molar-refractivity contribution >= 4 is 18.0 Å². The summed E-state index contributed by atoms with van der Waals surface area (Å²) in [6.45, 7) is 4.50. The molecule has 1 rings (SSSR count). The highest BCUT2D eigenvalue weighted by Gasteiger charge is 2.36. The van der Waals surface area contributed by atoms with E-state index in [-0.39, 0.29) is 24.8 Å². The number of carbonyl (C=O) groups is 3. The summed E-state index contributed by atoms with van der Waals surface area (Å²) in [5, 5.41) is 20.1. The molecule has 0 aromatic carbocycles. The first-order valence-corrected chi connectivity index (χ1v) is 6.77. The summed E-state index contributed by atoms with van der Waals surface area (Å²) in [5.41, 5.74) is -0.270. The quantitative estimate of drug-likeness (QED) is 0.681. The van der Waals surface area contributed by atoms with Crippen LogP contribution < -0.4 is 5.32 Å². The van der Waals surface area contributed by atoms with Crippen LogP contribution in [0.4, 0.5) is 4.79 Å². The SMILES string of the molecule is CC1(C)CCCN1C(=O)N[C@H](CCCC(=O)O)C(=O)O. The third kappa shape index (κ3) is 4.40. The summed E-state index contributed by atoms with van der Waals surface area (Å²) < 4.78 is 0. The maximum Gasteiger partial charge on any atom is 0.326 e. The topological polar surface area (TPSA) is 107 Å². The van der Waals surface area contributed by atoms with Crippen LogP contribution in [0.25, 0.3) is 0 Å². The van der Waals surface area contributed by atoms with Gasteiger partial charge in [-0.2, -0.15) is 0 Å². The highest BCUT2D eigenvalue weighted by atomic mass is 16.4. The van der Waals surface area contributed by atoms with E-state index in [1.54, 1.807) is 4.90 Å². The number of urea groups is 1. The minimum atomic E-state index is -1.14. The first-order valence-electron chi connectivity index (χ1n) is 6.77. The van der Waals surface area contributed by atoms with E-state index in [9.17, 15) is 14.4 Å². The van der Waals surface area contributed by atoms with Gasteiger partial charge < -0.3 is 20.4 Å². The summed E-state index contributed by atoms with van der Waals surface area (Å²) >= 11 is 0. The zero-order valence-electron chi connectivity index (χ0n) is 11.9. The molecular weight excluding hydrogens is 264 g/mol. The third-order valence-electron chi connectivity index (χ3n) is 3.63. The summed E-state index contributed by atoms with van der Waals surface area (Å²) in [4.78, 5) is 35.3. The Bertz CT molecular complexity index is 394. The molecule has 0 aromatic rings. The lowest BCUT2D eigenvalue weighted by Crippen LogP contribution is -2.52. The van der Waals surface area contributed by atoms with Crippen LogP contribution in [0.2, 0.25) is 0 Å². The van der Waals surface area contributed by atoms with Crippen LogP contribution in [0.3, 0.4) is 0 Å². The van der Waals surface area contributed by atoms with Gasteiger partial charge in [0.1, 0.15) is 6.04 Å². The van der Waals surface area contributed by atoms with Crippen LogP contribution in [0.15, 0.2) is 0 Å². The number of carbonyl (C=O) groups excluding carboxylic acids is 1. The van der Waals surface area contributed by atoms with E-state index >= 15 is 0 Å². The van der Waals surface area contributed by atoms with E-state index in [2.05, 4.69) is 5.32 Å². The van der Waals surface area contributed by atoms with E-state index in [1.807, 2.05) is 13.8 Å². The van der Waals surface area contributed by atoms with Crippen molar-refractivity contribution < 1.29 is 24.6 Å². The van der Waals surface area contributed by atoms with Gasteiger partial charge in [0.15, 0.2) is 0 Å². The number of hydrogen-bond donors (Lipinski definition) is 3. The van der Waals surface area contributed by atoms with E-state index < -0.39 is 24.0 Å². The van der Waals surface area contributed by atoms with E-state index in [4.69, 9.17) is 10.2 Å². The summed E-state index contributed by atoms with van der Waals surface area (Å²) in [6, 6.07) is -1.44. The second-order valence-electron chi connectivity index (χ2n) is 5.69. The van der Waals surface area contributed by atoms with Gasteiger partial charge in [-0.05, 0) is 39.5 Å². The molecule has 1 fully saturated rings. The van der Waals surface area contributed by atoms with Crippen LogP contribution >= 0.6 is 0 Å². The second-order valence-corrected chi connectivity index (χ2v) is 5.69. The van der Waals surface area contributed by atoms with Gasteiger partial charge >= 0.3 is 18.0 Å². The Morgan fingerprint density at radius 2 is 1.95 bits per heavy atom. The highest BCUT2D eigenvalue weighted by Crippen LogP contribution is 2.28. The zero-order chi connectivity index (χ0) is 15.3. The molecule has 3 N–H and O–H groups in total. The molecule has 114 valence electrons. The van der Waals surface area contributed by atoms with E-state index in [0.29, 0.717) is 6.54 Å². The van der Waals surface area contributed by atoms with Crippen molar-refractivity contribution in [1.29, 1.82) is 0 Å². The van der Waals surface area contributed by atoms with Crippen molar-refractivity contribution in [3.8, 4) is 0 Å². The van der Waals surface area contributed by atoms with E-state index in [1.165, 1.54) is 0 Å². The maximum atomic E-state index is 12.1. The number of nitrogens with one attached hydrogen (secondary N) is 1. The highest BCUT2D eigenvalue weighted by molar-refractivity contribution is 5.83. The molecule has 0 radical (unpaired) electrons. The van der Waals surface area contributed by atoms with Gasteiger partial charge in [-0.1, -0.05) is 0 Å². The number of amides is 2. The summed E-state index contributed by atoms with van der Waals surface area (Å²) in [5.74, 6) is -2.11. The zero-order valence-corrected chi connectivity index (χ0v) is 11.9. The lowest BCUT2D eigenvalue weighted by atomic mass is 10.0. The fourth-order valence-electron chi connectivity index (χ4n) is 2.43. The van der Waals surface area contributed by atoms with Crippen molar-refractivity contribution in [3.63, 3.8) is 0 Å². The molecule has 1 saturated heterocycles. The number of aliphatic carboxylic acids is 2. The van der Waals surface area contributed by atoms with Crippen molar-refractivity contribution in [3.05, 3.63) is 0 Å². The summed E-state index contributed by atoms with van der Waals surface area (Å²) in [6.07, 6.45) is 2.01. The minimum Gasteiger partial charge on any atom is -0.481 e. The molecule has 7 heteroatoms. The van der Waals surface area contributed by atoms with Crippen molar-refractivity contribution in [2.24, 2.45) is 0 Å². The number of carboxylic acid groups (broad SMARTS) is 2. The van der Waals surface area contributed by atoms with Crippen LogP contribution in [-0.2, 0) is 9.59 Å². The smallest absolute Gasteiger partial charge is 0.326 e. The first-order chi connectivity index (χ1) is 9.24. The molecule has 0 unspecified atom stereocenters. The lowest BCUT2D eigenvalue weighted by molar-refractivity contribution is -0.140. The molecule has 0 aliphatic carbocycles. The Morgan fingerprint density at radius 1 is 1.30 bits per heavy atom. The van der Waals surface area contributed by atoms with Gasteiger partial charge in [0, 0.05) is 18.5 Å². The number of hydrogen-bond acceptors (Lipinski definition) is 3. The maximum absolute atomic E-state index is 12.1. The van der Waals surface area contributed by atoms with E-state index in [0.717, 1.165) is 12.8 Å². The molecule has 0 saturated carbocycles. The number of rotatable bonds is 6. The Morgan fingerprint density at radius 3 is 2.40 bits per heavy atom. The largest absolute Gasteiger partial charge is 0.481 e. The fourth-order valence-corrected chi connectivity index (χ4v) is 2.43. The average molecular weight is 286 g/mol. The molecule has 20 heavy (non-hydrogen) atoms. The average Bonchev–Trinajstić information content (AvgIpc) is 2.66. The van der Waals surface area contributed by atoms with Gasteiger partial charge in [0.25, 0.3) is 0 Å². The molecule has 1 aliphatic rings. The Labute approximate surface area is 117 Å². The Kier molecular flexibility index (Phi) is 5.35. The normalized spacial score (nSPS) is 18.6. The molecule has 1 heterocycles. The third-order valence-corrected chi connectivity index (χ3v) is 3.63. The fraction of sp³-hybridized carbons (Fsp3) is 0.769. The van der Waals surface area contributed by atoms with Crippen molar-refractivity contribution in [2.45, 2.75) is 57.5 Å². The summed E-state index contributed by atoms with van der Waals surface area (Å²) in [7, 11) is 0.